The number of ether oxygens (including phenoxy) is 3. The third-order valence-corrected chi connectivity index (χ3v) is 8.11. The van der Waals surface area contributed by atoms with Gasteiger partial charge >= 0.3 is 0 Å². The fourth-order valence-corrected chi connectivity index (χ4v) is 5.74. The molecule has 1 atom stereocenters. The van der Waals surface area contributed by atoms with E-state index in [2.05, 4.69) is 10.3 Å². The normalized spacial score (nSPS) is 13.8. The number of aromatic nitrogens is 2. The molecule has 0 bridgehead atoms. The van der Waals surface area contributed by atoms with Crippen molar-refractivity contribution in [1.29, 1.82) is 0 Å². The molecule has 1 aliphatic heterocycles. The highest BCUT2D eigenvalue weighted by atomic mass is 35.5. The van der Waals surface area contributed by atoms with Crippen molar-refractivity contribution in [3.05, 3.63) is 130 Å². The topological polar surface area (TPSA) is 85.8 Å². The number of methoxy groups -OCH3 is 3. The van der Waals surface area contributed by atoms with E-state index in [1.807, 2.05) is 66.7 Å². The summed E-state index contributed by atoms with van der Waals surface area (Å²) in [5.41, 5.74) is 4.76. The molecule has 0 saturated heterocycles. The van der Waals surface area contributed by atoms with E-state index in [1.54, 1.807) is 32.4 Å². The summed E-state index contributed by atoms with van der Waals surface area (Å²) in [7, 11) is 4.79. The molecular formula is C35H30ClFN4O4. The largest absolute Gasteiger partial charge is 0.497 e. The van der Waals surface area contributed by atoms with Gasteiger partial charge in [-0.2, -0.15) is 0 Å². The number of halogens is 2. The number of hydrogen-bond acceptors (Lipinski definition) is 7. The van der Waals surface area contributed by atoms with Gasteiger partial charge in [0.05, 0.1) is 38.8 Å². The number of fused-ring (bicyclic) bond motifs is 1. The highest BCUT2D eigenvalue weighted by molar-refractivity contribution is 6.31. The second-order valence-corrected chi connectivity index (χ2v) is 10.8. The third-order valence-electron chi connectivity index (χ3n) is 7.76. The smallest absolute Gasteiger partial charge is 0.274 e. The van der Waals surface area contributed by atoms with Crippen molar-refractivity contribution in [2.45, 2.75) is 19.1 Å². The van der Waals surface area contributed by atoms with E-state index in [0.29, 0.717) is 57.0 Å². The molecule has 228 valence electrons. The molecule has 2 aromatic heterocycles. The lowest BCUT2D eigenvalue weighted by molar-refractivity contribution is 0.0732. The van der Waals surface area contributed by atoms with Crippen molar-refractivity contribution < 1.29 is 23.4 Å². The molecule has 45 heavy (non-hydrogen) atoms. The molecule has 5 aromatic rings. The lowest BCUT2D eigenvalue weighted by atomic mass is 9.96. The highest BCUT2D eigenvalue weighted by Gasteiger charge is 2.42. The first-order valence-corrected chi connectivity index (χ1v) is 14.6. The Morgan fingerprint density at radius 1 is 0.889 bits per heavy atom. The second kappa shape index (κ2) is 12.8. The van der Waals surface area contributed by atoms with Crippen LogP contribution in [0.2, 0.25) is 5.02 Å². The maximum Gasteiger partial charge on any atom is 0.274 e. The average molecular weight is 625 g/mol. The summed E-state index contributed by atoms with van der Waals surface area (Å²) in [4.78, 5) is 25.3. The number of carbonyl (C=O) groups is 1. The monoisotopic (exact) mass is 624 g/mol. The summed E-state index contributed by atoms with van der Waals surface area (Å²) in [6.45, 7) is 0.572. The van der Waals surface area contributed by atoms with Gasteiger partial charge in [0.1, 0.15) is 28.8 Å². The quantitative estimate of drug-likeness (QED) is 0.174. The number of rotatable bonds is 10. The summed E-state index contributed by atoms with van der Waals surface area (Å²) in [5, 5.41) is 3.85. The van der Waals surface area contributed by atoms with Crippen LogP contribution in [0.1, 0.15) is 38.8 Å². The lowest BCUT2D eigenvalue weighted by Gasteiger charge is -2.27. The van der Waals surface area contributed by atoms with Gasteiger partial charge in [-0.15, -0.1) is 0 Å². The van der Waals surface area contributed by atoms with Gasteiger partial charge in [-0.25, -0.2) is 9.37 Å². The summed E-state index contributed by atoms with van der Waals surface area (Å²) >= 11 is 6.72. The van der Waals surface area contributed by atoms with Crippen LogP contribution < -0.4 is 19.5 Å². The predicted molar refractivity (Wildman–Crippen MR) is 170 cm³/mol. The first kappa shape index (κ1) is 29.9. The minimum Gasteiger partial charge on any atom is -0.497 e. The van der Waals surface area contributed by atoms with Gasteiger partial charge in [0.25, 0.3) is 5.91 Å². The second-order valence-electron chi connectivity index (χ2n) is 10.4. The molecule has 0 radical (unpaired) electrons. The van der Waals surface area contributed by atoms with Crippen molar-refractivity contribution >= 4 is 23.2 Å². The maximum atomic E-state index is 14.8. The Hall–Kier alpha value is -5.15. The van der Waals surface area contributed by atoms with Gasteiger partial charge in [0.2, 0.25) is 0 Å². The van der Waals surface area contributed by atoms with Crippen LogP contribution in [-0.2, 0) is 13.1 Å². The van der Waals surface area contributed by atoms with Crippen LogP contribution in [0.5, 0.6) is 17.2 Å². The molecule has 0 saturated carbocycles. The summed E-state index contributed by atoms with van der Waals surface area (Å²) < 4.78 is 31.1. The van der Waals surface area contributed by atoms with Crippen molar-refractivity contribution in [3.8, 4) is 28.6 Å². The number of pyridine rings is 2. The molecule has 1 N–H and O–H groups in total. The van der Waals surface area contributed by atoms with E-state index in [4.69, 9.17) is 30.8 Å². The fraction of sp³-hybridized carbons (Fsp3) is 0.171. The van der Waals surface area contributed by atoms with Crippen molar-refractivity contribution in [2.75, 3.05) is 26.6 Å². The zero-order chi connectivity index (χ0) is 31.5. The van der Waals surface area contributed by atoms with E-state index in [1.165, 1.54) is 18.2 Å². The van der Waals surface area contributed by atoms with Gasteiger partial charge in [-0.1, -0.05) is 29.8 Å². The molecule has 8 nitrogen and oxygen atoms in total. The van der Waals surface area contributed by atoms with Gasteiger partial charge in [-0.3, -0.25) is 9.78 Å². The number of nitrogens with zero attached hydrogens (tertiary/aromatic N) is 3. The van der Waals surface area contributed by atoms with Crippen LogP contribution in [-0.4, -0.2) is 42.1 Å². The molecule has 1 unspecified atom stereocenters. The van der Waals surface area contributed by atoms with E-state index in [9.17, 15) is 9.18 Å². The van der Waals surface area contributed by atoms with Crippen LogP contribution in [0.4, 0.5) is 10.1 Å². The summed E-state index contributed by atoms with van der Waals surface area (Å²) in [6.07, 6.45) is 1.67. The Labute approximate surface area is 265 Å². The molecule has 1 aliphatic rings. The van der Waals surface area contributed by atoms with Crippen molar-refractivity contribution in [2.24, 2.45) is 0 Å². The number of benzene rings is 3. The predicted octanol–water partition coefficient (Wildman–Crippen LogP) is 7.32. The molecule has 10 heteroatoms. The van der Waals surface area contributed by atoms with Crippen LogP contribution >= 0.6 is 11.6 Å². The average Bonchev–Trinajstić information content (AvgIpc) is 3.35. The van der Waals surface area contributed by atoms with Gasteiger partial charge < -0.3 is 24.4 Å². The first-order chi connectivity index (χ1) is 21.9. The zero-order valence-corrected chi connectivity index (χ0v) is 25.6. The summed E-state index contributed by atoms with van der Waals surface area (Å²) in [6, 6.07) is 23.8. The van der Waals surface area contributed by atoms with Crippen LogP contribution in [0, 0.1) is 5.82 Å². The van der Waals surface area contributed by atoms with Crippen LogP contribution in [0.3, 0.4) is 0 Å². The number of anilines is 1. The molecular weight excluding hydrogens is 595 g/mol. The molecule has 0 fully saturated rings. The number of hydrogen-bond donors (Lipinski definition) is 1. The zero-order valence-electron chi connectivity index (χ0n) is 24.9. The highest BCUT2D eigenvalue weighted by Crippen LogP contribution is 2.46. The van der Waals surface area contributed by atoms with Crippen molar-refractivity contribution in [1.82, 2.24) is 14.9 Å². The Morgan fingerprint density at radius 3 is 2.38 bits per heavy atom. The maximum absolute atomic E-state index is 14.8. The molecule has 0 aliphatic carbocycles. The van der Waals surface area contributed by atoms with E-state index in [-0.39, 0.29) is 18.1 Å². The number of amides is 1. The summed E-state index contributed by atoms with van der Waals surface area (Å²) in [5.74, 6) is 1.23. The van der Waals surface area contributed by atoms with Gasteiger partial charge in [0, 0.05) is 52.8 Å². The van der Waals surface area contributed by atoms with Crippen molar-refractivity contribution in [3.63, 3.8) is 0 Å². The molecule has 6 rings (SSSR count). The number of carbonyl (C=O) groups excluding carboxylic acids is 1. The fourth-order valence-electron chi connectivity index (χ4n) is 5.52. The Balaban J connectivity index is 1.50. The Kier molecular flexibility index (Phi) is 8.53. The van der Waals surface area contributed by atoms with E-state index < -0.39 is 11.9 Å². The minimum atomic E-state index is -0.733. The third kappa shape index (κ3) is 5.99. The standard InChI is InChI=1S/C35H30ClFN4O4/c1-43-24-11-7-21(8-12-24)20-41-34(26-16-23(37)10-14-27(26)36)32-30(39-19-22-9-13-25(44-2)17-31(22)45-3)18-29(40-33(32)35(41)42)28-6-4-5-15-38-28/h4-18,34H,19-20H2,1-3H3,(H,39,40). The number of nitrogens with one attached hydrogen (secondary N) is 1. The molecule has 1 amide bonds. The van der Waals surface area contributed by atoms with Crippen LogP contribution in [0.25, 0.3) is 11.4 Å². The van der Waals surface area contributed by atoms with Gasteiger partial charge in [0.15, 0.2) is 0 Å². The van der Waals surface area contributed by atoms with Crippen LogP contribution in [0.15, 0.2) is 91.1 Å². The SMILES string of the molecule is COc1ccc(CN2C(=O)c3nc(-c4ccccn4)cc(NCc4ccc(OC)cc4OC)c3C2c2cc(F)ccc2Cl)cc1. The molecule has 0 spiro atoms. The Bertz CT molecular complexity index is 1850. The Morgan fingerprint density at radius 2 is 1.67 bits per heavy atom. The molecule has 3 aromatic carbocycles. The lowest BCUT2D eigenvalue weighted by Crippen LogP contribution is -2.28. The first-order valence-electron chi connectivity index (χ1n) is 14.2. The van der Waals surface area contributed by atoms with Gasteiger partial charge in [-0.05, 0) is 66.2 Å². The van der Waals surface area contributed by atoms with E-state index >= 15 is 0 Å². The van der Waals surface area contributed by atoms with E-state index in [0.717, 1.165) is 11.1 Å². The minimum absolute atomic E-state index is 0.224. The molecule has 3 heterocycles.